The molecule has 0 saturated heterocycles. The van der Waals surface area contributed by atoms with Crippen LogP contribution in [0.5, 0.6) is 0 Å². The first-order valence-corrected chi connectivity index (χ1v) is 4.81. The predicted molar refractivity (Wildman–Crippen MR) is 59.4 cm³/mol. The van der Waals surface area contributed by atoms with Crippen molar-refractivity contribution in [1.82, 2.24) is 9.80 Å². The van der Waals surface area contributed by atoms with Crippen LogP contribution in [0.15, 0.2) is 0 Å². The van der Waals surface area contributed by atoms with E-state index in [2.05, 4.69) is 57.2 Å². The molecule has 0 amide bonds. The van der Waals surface area contributed by atoms with Gasteiger partial charge in [-0.2, -0.15) is 0 Å². The summed E-state index contributed by atoms with van der Waals surface area (Å²) in [5, 5.41) is 4.52. The van der Waals surface area contributed by atoms with Crippen LogP contribution in [0.25, 0.3) is 5.32 Å². The van der Waals surface area contributed by atoms with Gasteiger partial charge in [-0.15, -0.1) is 13.1 Å². The Morgan fingerprint density at radius 2 is 1.57 bits per heavy atom. The van der Waals surface area contributed by atoms with Crippen molar-refractivity contribution in [3.63, 3.8) is 0 Å². The summed E-state index contributed by atoms with van der Waals surface area (Å²) >= 11 is 0. The Bertz CT molecular complexity index is 135. The van der Waals surface area contributed by atoms with Gasteiger partial charge in [0.15, 0.2) is 0 Å². The molecule has 0 N–H and O–H groups in total. The van der Waals surface area contributed by atoms with E-state index in [-0.39, 0.29) is 24.4 Å². The van der Waals surface area contributed by atoms with Gasteiger partial charge in [-0.05, 0) is 54.1 Å². The minimum atomic E-state index is 0. The number of nitrogens with zero attached hydrogens (tertiary/aromatic N) is 3. The van der Waals surface area contributed by atoms with Crippen LogP contribution in [0.3, 0.4) is 0 Å². The summed E-state index contributed by atoms with van der Waals surface area (Å²) in [4.78, 5) is 4.37. The molecular formula is C10H24LiN3. The van der Waals surface area contributed by atoms with E-state index < -0.39 is 0 Å². The Labute approximate surface area is 101 Å². The van der Waals surface area contributed by atoms with E-state index in [1.54, 1.807) is 0 Å². The fraction of sp³-hybridized carbons (Fsp3) is 1.00. The topological polar surface area (TPSA) is 20.6 Å². The Kier molecular flexibility index (Phi) is 9.32. The average molecular weight is 193 g/mol. The Balaban J connectivity index is 0. The summed E-state index contributed by atoms with van der Waals surface area (Å²) in [6.45, 7) is 7.32. The molecule has 0 aromatic heterocycles. The second-order valence-electron chi connectivity index (χ2n) is 4.62. The van der Waals surface area contributed by atoms with Crippen molar-refractivity contribution in [2.24, 2.45) is 0 Å². The number of hydrogen-bond acceptors (Lipinski definition) is 2. The Morgan fingerprint density at radius 1 is 1.07 bits per heavy atom. The minimum absolute atomic E-state index is 0. The maximum absolute atomic E-state index is 4.52. The van der Waals surface area contributed by atoms with Crippen molar-refractivity contribution >= 4 is 0 Å². The molecule has 80 valence electrons. The van der Waals surface area contributed by atoms with Crippen LogP contribution in [-0.2, 0) is 0 Å². The van der Waals surface area contributed by atoms with Crippen molar-refractivity contribution in [2.45, 2.75) is 19.4 Å². The molecule has 0 aliphatic rings. The van der Waals surface area contributed by atoms with Gasteiger partial charge in [-0.25, -0.2) is 0 Å². The number of rotatable bonds is 6. The van der Waals surface area contributed by atoms with Gasteiger partial charge in [0.25, 0.3) is 0 Å². The van der Waals surface area contributed by atoms with Crippen molar-refractivity contribution in [3.05, 3.63) is 5.32 Å². The molecule has 0 rings (SSSR count). The van der Waals surface area contributed by atoms with Gasteiger partial charge >= 0.3 is 18.9 Å². The number of likely N-dealkylation sites (N-methyl/N-ethyl adjacent to an activating group) is 2. The van der Waals surface area contributed by atoms with Gasteiger partial charge in [0.05, 0.1) is 0 Å². The SMILES string of the molecule is CN(C)CC[N-]CC(C)(C)N(C)C.[Li+]. The zero-order valence-electron chi connectivity index (χ0n) is 11.0. The molecule has 0 saturated carbocycles. The first kappa shape index (κ1) is 16.9. The third-order valence-electron chi connectivity index (χ3n) is 2.41. The quantitative estimate of drug-likeness (QED) is 0.369. The summed E-state index contributed by atoms with van der Waals surface area (Å²) in [5.74, 6) is 0. The van der Waals surface area contributed by atoms with Crippen LogP contribution in [0, 0.1) is 0 Å². The fourth-order valence-corrected chi connectivity index (χ4v) is 0.765. The molecule has 3 nitrogen and oxygen atoms in total. The Hall–Kier alpha value is 0.477. The summed E-state index contributed by atoms with van der Waals surface area (Å²) in [6, 6.07) is 0. The average Bonchev–Trinajstić information content (AvgIpc) is 1.97. The van der Waals surface area contributed by atoms with Crippen molar-refractivity contribution in [2.75, 3.05) is 47.8 Å². The molecule has 4 heteroatoms. The van der Waals surface area contributed by atoms with Gasteiger partial charge in [-0.1, -0.05) is 0 Å². The van der Waals surface area contributed by atoms with Gasteiger partial charge in [-0.3, -0.25) is 0 Å². The summed E-state index contributed by atoms with van der Waals surface area (Å²) in [7, 11) is 8.35. The van der Waals surface area contributed by atoms with Crippen LogP contribution < -0.4 is 18.9 Å². The first-order valence-electron chi connectivity index (χ1n) is 4.81. The molecule has 0 radical (unpaired) electrons. The molecule has 0 aliphatic carbocycles. The van der Waals surface area contributed by atoms with E-state index in [0.717, 1.165) is 19.6 Å². The zero-order valence-corrected chi connectivity index (χ0v) is 11.0. The van der Waals surface area contributed by atoms with Gasteiger partial charge in [0, 0.05) is 0 Å². The molecule has 0 atom stereocenters. The normalized spacial score (nSPS) is 12.0. The van der Waals surface area contributed by atoms with Crippen molar-refractivity contribution in [1.29, 1.82) is 0 Å². The van der Waals surface area contributed by atoms with Gasteiger partial charge in [0.1, 0.15) is 0 Å². The van der Waals surface area contributed by atoms with Gasteiger partial charge in [0.2, 0.25) is 0 Å². The third-order valence-corrected chi connectivity index (χ3v) is 2.41. The Morgan fingerprint density at radius 3 is 1.93 bits per heavy atom. The molecule has 0 heterocycles. The zero-order chi connectivity index (χ0) is 10.5. The van der Waals surface area contributed by atoms with E-state index in [9.17, 15) is 0 Å². The maximum atomic E-state index is 4.52. The summed E-state index contributed by atoms with van der Waals surface area (Å²) in [5.41, 5.74) is 0.187. The van der Waals surface area contributed by atoms with Crippen molar-refractivity contribution < 1.29 is 18.9 Å². The number of hydrogen-bond donors (Lipinski definition) is 0. The summed E-state index contributed by atoms with van der Waals surface area (Å²) < 4.78 is 0. The molecule has 0 aliphatic heterocycles. The second-order valence-corrected chi connectivity index (χ2v) is 4.62. The van der Waals surface area contributed by atoms with Crippen LogP contribution in [0.2, 0.25) is 0 Å². The monoisotopic (exact) mass is 193 g/mol. The molecule has 14 heavy (non-hydrogen) atoms. The molecule has 0 bridgehead atoms. The smallest absolute Gasteiger partial charge is 0.660 e. The minimum Gasteiger partial charge on any atom is -0.660 e. The fourth-order valence-electron chi connectivity index (χ4n) is 0.765. The van der Waals surface area contributed by atoms with Crippen molar-refractivity contribution in [3.8, 4) is 0 Å². The van der Waals surface area contributed by atoms with E-state index in [0.29, 0.717) is 0 Å². The van der Waals surface area contributed by atoms with Crippen LogP contribution >= 0.6 is 0 Å². The predicted octanol–water partition coefficient (Wildman–Crippen LogP) is -1.73. The van der Waals surface area contributed by atoms with Crippen LogP contribution in [0.4, 0.5) is 0 Å². The molecule has 0 unspecified atom stereocenters. The molecule has 0 aromatic carbocycles. The second kappa shape index (κ2) is 7.73. The van der Waals surface area contributed by atoms with E-state index >= 15 is 0 Å². The third kappa shape index (κ3) is 7.84. The van der Waals surface area contributed by atoms with E-state index in [1.807, 2.05) is 0 Å². The summed E-state index contributed by atoms with van der Waals surface area (Å²) in [6.07, 6.45) is 0. The molecule has 0 fully saturated rings. The van der Waals surface area contributed by atoms with Crippen LogP contribution in [0.1, 0.15) is 13.8 Å². The van der Waals surface area contributed by atoms with Crippen LogP contribution in [-0.4, -0.2) is 63.2 Å². The molecular weight excluding hydrogens is 169 g/mol. The van der Waals surface area contributed by atoms with Gasteiger partial charge < -0.3 is 15.1 Å². The van der Waals surface area contributed by atoms with E-state index in [4.69, 9.17) is 0 Å². The van der Waals surface area contributed by atoms with E-state index in [1.165, 1.54) is 0 Å². The first-order chi connectivity index (χ1) is 5.86. The largest absolute Gasteiger partial charge is 1.00 e. The molecule has 0 spiro atoms. The molecule has 0 aromatic rings. The maximum Gasteiger partial charge on any atom is 1.00 e. The standard InChI is InChI=1S/C10H24N3.Li/c1-10(2,13(5)6)9-11-7-8-12(3)4;/h7-9H2,1-6H3;/q-1;+1.